The average Bonchev–Trinajstić information content (AvgIpc) is 3.50. The fourth-order valence-corrected chi connectivity index (χ4v) is 9.84. The maximum atomic E-state index is 14.3. The lowest BCUT2D eigenvalue weighted by molar-refractivity contribution is -0.317. The van der Waals surface area contributed by atoms with E-state index in [-0.39, 0.29) is 18.6 Å². The van der Waals surface area contributed by atoms with E-state index in [4.69, 9.17) is 23.4 Å². The second-order valence-electron chi connectivity index (χ2n) is 13.2. The van der Waals surface area contributed by atoms with Crippen molar-refractivity contribution in [3.63, 3.8) is 0 Å². The van der Waals surface area contributed by atoms with Crippen molar-refractivity contribution in [2.75, 3.05) is 7.11 Å². The van der Waals surface area contributed by atoms with Crippen molar-refractivity contribution in [1.82, 2.24) is 0 Å². The van der Waals surface area contributed by atoms with Gasteiger partial charge in [-0.25, -0.2) is 4.79 Å². The summed E-state index contributed by atoms with van der Waals surface area (Å²) >= 11 is 0. The van der Waals surface area contributed by atoms with Crippen LogP contribution in [0.1, 0.15) is 72.0 Å². The molecule has 2 aliphatic heterocycles. The van der Waals surface area contributed by atoms with Crippen molar-refractivity contribution in [3.8, 4) is 0 Å². The van der Waals surface area contributed by atoms with Gasteiger partial charge in [-0.3, -0.25) is 14.4 Å². The number of fused-ring (bicyclic) bond motifs is 3. The number of carbonyl (C=O) groups excluding carboxylic acids is 4. The summed E-state index contributed by atoms with van der Waals surface area (Å²) < 4.78 is 28.8. The summed E-state index contributed by atoms with van der Waals surface area (Å²) in [7, 11) is 1.22. The SMILES string of the molecule is COC(=O)C(OC(C)=O)C1C(C)(C)C2OC34CC2C(=O)C1(C)C3CCC1(C)C(c2ccoc2)OC(=O)CC14O. The molecular formula is C29H36O10. The molecular weight excluding hydrogens is 508 g/mol. The van der Waals surface area contributed by atoms with Gasteiger partial charge in [0.2, 0.25) is 6.10 Å². The van der Waals surface area contributed by atoms with Crippen molar-refractivity contribution < 1.29 is 47.6 Å². The van der Waals surface area contributed by atoms with E-state index < -0.39 is 81.4 Å². The Labute approximate surface area is 226 Å². The molecule has 5 fully saturated rings. The van der Waals surface area contributed by atoms with Crippen LogP contribution in [0.25, 0.3) is 0 Å². The lowest BCUT2D eigenvalue weighted by Gasteiger charge is -2.68. The second kappa shape index (κ2) is 7.94. The minimum absolute atomic E-state index is 0.0621. The largest absolute Gasteiger partial charge is 0.472 e. The van der Waals surface area contributed by atoms with Crippen LogP contribution in [0.5, 0.6) is 0 Å². The fraction of sp³-hybridized carbons (Fsp3) is 0.724. The van der Waals surface area contributed by atoms with Gasteiger partial charge in [0.25, 0.3) is 0 Å². The molecule has 1 N–H and O–H groups in total. The molecule has 3 aliphatic carbocycles. The Hall–Kier alpha value is -2.72. The van der Waals surface area contributed by atoms with Crippen molar-refractivity contribution in [2.24, 2.45) is 34.0 Å². The highest BCUT2D eigenvalue weighted by molar-refractivity contribution is 5.93. The predicted octanol–water partition coefficient (Wildman–Crippen LogP) is 2.91. The van der Waals surface area contributed by atoms with Crippen LogP contribution in [-0.4, -0.2) is 59.3 Å². The van der Waals surface area contributed by atoms with E-state index in [0.717, 1.165) is 0 Å². The molecule has 1 spiro atoms. The standard InChI is InChI=1S/C29H36O10/c1-14(30)37-19(24(33)35-6)20-25(2,3)23-16-11-28(39-23)17(27(20,5)21(16)32)7-9-26(4)22(15-8-10-36-13-15)38-18(31)12-29(26,28)34/h8,10,13,16-17,19-20,22-23,34H,7,9,11-12H2,1-6H3. The highest BCUT2D eigenvalue weighted by Crippen LogP contribution is 2.77. The molecule has 10 atom stereocenters. The Bertz CT molecular complexity index is 1250. The normalized spacial score (nSPS) is 46.1. The monoisotopic (exact) mass is 544 g/mol. The topological polar surface area (TPSA) is 139 Å². The highest BCUT2D eigenvalue weighted by Gasteiger charge is 2.85. The minimum Gasteiger partial charge on any atom is -0.472 e. The Morgan fingerprint density at radius 3 is 2.51 bits per heavy atom. The van der Waals surface area contributed by atoms with E-state index in [1.807, 2.05) is 27.7 Å². The number of furan rings is 1. The molecule has 5 aliphatic rings. The number of hydrogen-bond acceptors (Lipinski definition) is 10. The van der Waals surface area contributed by atoms with Crippen LogP contribution < -0.4 is 0 Å². The molecule has 3 heterocycles. The number of esters is 3. The van der Waals surface area contributed by atoms with E-state index in [1.54, 1.807) is 6.07 Å². The molecule has 1 aromatic rings. The van der Waals surface area contributed by atoms with E-state index in [0.29, 0.717) is 18.4 Å². The van der Waals surface area contributed by atoms with Crippen LogP contribution >= 0.6 is 0 Å². The van der Waals surface area contributed by atoms with Crippen molar-refractivity contribution in [1.29, 1.82) is 0 Å². The van der Waals surface area contributed by atoms with Crippen LogP contribution in [0, 0.1) is 34.0 Å². The molecule has 39 heavy (non-hydrogen) atoms. The molecule has 10 nitrogen and oxygen atoms in total. The molecule has 0 aromatic carbocycles. The zero-order valence-electron chi connectivity index (χ0n) is 23.1. The lowest BCUT2D eigenvalue weighted by atomic mass is 9.36. The van der Waals surface area contributed by atoms with E-state index in [2.05, 4.69) is 0 Å². The van der Waals surface area contributed by atoms with Crippen LogP contribution in [0.15, 0.2) is 23.0 Å². The van der Waals surface area contributed by atoms with Gasteiger partial charge < -0.3 is 28.5 Å². The third-order valence-corrected chi connectivity index (χ3v) is 11.3. The van der Waals surface area contributed by atoms with Crippen LogP contribution in [0.2, 0.25) is 0 Å². The number of methoxy groups -OCH3 is 1. The number of Topliss-reactive ketones (excluding diaryl/α,β-unsaturated/α-hetero) is 1. The van der Waals surface area contributed by atoms with Gasteiger partial charge in [-0.15, -0.1) is 0 Å². The zero-order chi connectivity index (χ0) is 28.3. The van der Waals surface area contributed by atoms with Gasteiger partial charge in [0.1, 0.15) is 23.1 Å². The number of rotatable bonds is 4. The van der Waals surface area contributed by atoms with Crippen LogP contribution in [-0.2, 0) is 38.1 Å². The first-order valence-corrected chi connectivity index (χ1v) is 13.6. The minimum atomic E-state index is -1.68. The van der Waals surface area contributed by atoms with Gasteiger partial charge in [-0.1, -0.05) is 27.7 Å². The summed E-state index contributed by atoms with van der Waals surface area (Å²) in [5.41, 5.74) is -5.27. The van der Waals surface area contributed by atoms with Crippen LogP contribution in [0.3, 0.4) is 0 Å². The maximum absolute atomic E-state index is 14.3. The molecule has 10 heteroatoms. The molecule has 1 aromatic heterocycles. The third kappa shape index (κ3) is 2.94. The number of cyclic esters (lactones) is 1. The lowest BCUT2D eigenvalue weighted by Crippen LogP contribution is -2.77. The summed E-state index contributed by atoms with van der Waals surface area (Å²) in [4.78, 5) is 52.7. The smallest absolute Gasteiger partial charge is 0.347 e. The first-order valence-electron chi connectivity index (χ1n) is 13.6. The number of hydrogen-bond donors (Lipinski definition) is 1. The quantitative estimate of drug-likeness (QED) is 0.445. The molecule has 10 unspecified atom stereocenters. The summed E-state index contributed by atoms with van der Waals surface area (Å²) in [6, 6.07) is 1.73. The average molecular weight is 545 g/mol. The Balaban J connectivity index is 1.55. The van der Waals surface area contributed by atoms with Crippen molar-refractivity contribution in [3.05, 3.63) is 24.2 Å². The highest BCUT2D eigenvalue weighted by atomic mass is 16.6. The predicted molar refractivity (Wildman–Crippen MR) is 132 cm³/mol. The van der Waals surface area contributed by atoms with E-state index in [9.17, 15) is 24.3 Å². The molecule has 3 bridgehead atoms. The van der Waals surface area contributed by atoms with Crippen molar-refractivity contribution >= 4 is 23.7 Å². The first-order chi connectivity index (χ1) is 18.2. The number of carbonyl (C=O) groups is 4. The summed E-state index contributed by atoms with van der Waals surface area (Å²) in [6.45, 7) is 8.79. The van der Waals surface area contributed by atoms with Gasteiger partial charge in [-0.05, 0) is 30.7 Å². The first kappa shape index (κ1) is 26.5. The van der Waals surface area contributed by atoms with Gasteiger partial charge >= 0.3 is 17.9 Å². The Morgan fingerprint density at radius 1 is 1.18 bits per heavy atom. The number of ketones is 1. The van der Waals surface area contributed by atoms with Crippen molar-refractivity contribution in [2.45, 2.75) is 89.8 Å². The summed E-state index contributed by atoms with van der Waals surface area (Å²) in [6.07, 6.45) is 1.11. The van der Waals surface area contributed by atoms with E-state index >= 15 is 0 Å². The Kier molecular flexibility index (Phi) is 5.39. The molecule has 2 saturated heterocycles. The van der Waals surface area contributed by atoms with Gasteiger partial charge in [0, 0.05) is 41.1 Å². The zero-order valence-corrected chi connectivity index (χ0v) is 23.1. The third-order valence-electron chi connectivity index (χ3n) is 11.3. The van der Waals surface area contributed by atoms with Crippen LogP contribution in [0.4, 0.5) is 0 Å². The Morgan fingerprint density at radius 2 is 1.90 bits per heavy atom. The van der Waals surface area contributed by atoms with Gasteiger partial charge in [-0.2, -0.15) is 0 Å². The summed E-state index contributed by atoms with van der Waals surface area (Å²) in [5, 5.41) is 12.9. The molecule has 0 amide bonds. The number of ether oxygens (including phenoxy) is 4. The molecule has 3 saturated carbocycles. The number of aliphatic hydroxyl groups is 1. The summed E-state index contributed by atoms with van der Waals surface area (Å²) in [5.74, 6) is -3.91. The maximum Gasteiger partial charge on any atom is 0.347 e. The molecule has 0 radical (unpaired) electrons. The molecule has 212 valence electrons. The fourth-order valence-electron chi connectivity index (χ4n) is 9.84. The van der Waals surface area contributed by atoms with Gasteiger partial charge in [0.15, 0.2) is 0 Å². The second-order valence-corrected chi connectivity index (χ2v) is 13.2. The van der Waals surface area contributed by atoms with Gasteiger partial charge in [0.05, 0.1) is 32.2 Å². The van der Waals surface area contributed by atoms with E-state index in [1.165, 1.54) is 26.6 Å². The molecule has 6 rings (SSSR count).